The van der Waals surface area contributed by atoms with Gasteiger partial charge in [0.15, 0.2) is 0 Å². The van der Waals surface area contributed by atoms with E-state index in [2.05, 4.69) is 32.3 Å². The van der Waals surface area contributed by atoms with E-state index in [0.717, 1.165) is 17.5 Å². The molecule has 3 rings (SSSR count). The number of nitrogens with one attached hydrogen (secondary N) is 1. The van der Waals surface area contributed by atoms with Gasteiger partial charge in [0.05, 0.1) is 6.61 Å². The Balaban J connectivity index is 1.64. The van der Waals surface area contributed by atoms with Gasteiger partial charge in [0.25, 0.3) is 0 Å². The Morgan fingerprint density at radius 1 is 0.931 bits per heavy atom. The van der Waals surface area contributed by atoms with Crippen molar-refractivity contribution in [2.75, 3.05) is 11.9 Å². The molecule has 3 aromatic rings. The molecule has 29 heavy (non-hydrogen) atoms. The second-order valence-corrected chi connectivity index (χ2v) is 7.03. The molecular formula is C23H27FN4O. The fraction of sp³-hybridized carbons (Fsp3) is 0.304. The van der Waals surface area contributed by atoms with Crippen molar-refractivity contribution < 1.29 is 9.50 Å². The van der Waals surface area contributed by atoms with Crippen molar-refractivity contribution in [2.24, 2.45) is 0 Å². The maximum atomic E-state index is 13.2. The number of nitrogens with zero attached hydrogens (tertiary/aromatic N) is 3. The molecule has 0 saturated heterocycles. The number of benzene rings is 2. The zero-order valence-electron chi connectivity index (χ0n) is 16.6. The van der Waals surface area contributed by atoms with Crippen LogP contribution in [0.15, 0.2) is 67.0 Å². The van der Waals surface area contributed by atoms with E-state index < -0.39 is 0 Å². The molecule has 0 saturated carbocycles. The van der Waals surface area contributed by atoms with Gasteiger partial charge < -0.3 is 10.4 Å². The smallest absolute Gasteiger partial charge is 0.222 e. The fourth-order valence-electron chi connectivity index (χ4n) is 3.18. The molecule has 0 aliphatic rings. The predicted molar refractivity (Wildman–Crippen MR) is 113 cm³/mol. The highest BCUT2D eigenvalue weighted by Gasteiger charge is 2.17. The molecule has 1 aromatic heterocycles. The van der Waals surface area contributed by atoms with E-state index in [4.69, 9.17) is 0 Å². The summed E-state index contributed by atoms with van der Waals surface area (Å²) in [4.78, 5) is 11.0. The van der Waals surface area contributed by atoms with Gasteiger partial charge in [-0.1, -0.05) is 49.4 Å². The quantitative estimate of drug-likeness (QED) is 0.544. The number of aliphatic hydroxyl groups is 1. The molecule has 152 valence electrons. The highest BCUT2D eigenvalue weighted by atomic mass is 19.1. The van der Waals surface area contributed by atoms with Crippen LogP contribution in [0, 0.1) is 5.82 Å². The third kappa shape index (κ3) is 6.34. The van der Waals surface area contributed by atoms with Gasteiger partial charge in [-0.15, -0.1) is 0 Å². The van der Waals surface area contributed by atoms with Crippen molar-refractivity contribution >= 4 is 5.95 Å². The summed E-state index contributed by atoms with van der Waals surface area (Å²) in [6, 6.07) is 16.6. The first-order valence-electron chi connectivity index (χ1n) is 9.86. The highest BCUT2D eigenvalue weighted by molar-refractivity contribution is 5.28. The lowest BCUT2D eigenvalue weighted by atomic mass is 10.1. The number of aliphatic hydroxyl groups excluding tert-OH is 1. The number of anilines is 1. The summed E-state index contributed by atoms with van der Waals surface area (Å²) in [5, 5.41) is 13.0. The van der Waals surface area contributed by atoms with Crippen LogP contribution in [0.5, 0.6) is 0 Å². The summed E-state index contributed by atoms with van der Waals surface area (Å²) >= 11 is 0. The summed E-state index contributed by atoms with van der Waals surface area (Å²) in [6.45, 7) is 4.00. The van der Waals surface area contributed by atoms with Crippen LogP contribution in [0.1, 0.15) is 30.0 Å². The molecule has 0 fully saturated rings. The van der Waals surface area contributed by atoms with E-state index in [1.807, 2.05) is 37.5 Å². The molecule has 2 aromatic carbocycles. The lowest BCUT2D eigenvalue weighted by Gasteiger charge is -2.29. The fourth-order valence-corrected chi connectivity index (χ4v) is 3.18. The molecule has 5 nitrogen and oxygen atoms in total. The maximum absolute atomic E-state index is 13.2. The Labute approximate surface area is 171 Å². The van der Waals surface area contributed by atoms with Crippen LogP contribution in [0.4, 0.5) is 10.3 Å². The van der Waals surface area contributed by atoms with E-state index in [9.17, 15) is 9.50 Å². The zero-order chi connectivity index (χ0) is 20.5. The van der Waals surface area contributed by atoms with Crippen molar-refractivity contribution in [3.63, 3.8) is 0 Å². The highest BCUT2D eigenvalue weighted by Crippen LogP contribution is 2.16. The summed E-state index contributed by atoms with van der Waals surface area (Å²) in [5.41, 5.74) is 3.13. The Morgan fingerprint density at radius 3 is 2.21 bits per heavy atom. The van der Waals surface area contributed by atoms with Crippen LogP contribution in [0.2, 0.25) is 0 Å². The first-order chi connectivity index (χ1) is 14.2. The van der Waals surface area contributed by atoms with Gasteiger partial charge in [0.1, 0.15) is 5.82 Å². The molecule has 0 bridgehead atoms. The van der Waals surface area contributed by atoms with Gasteiger partial charge in [-0.05, 0) is 29.7 Å². The van der Waals surface area contributed by atoms with Gasteiger partial charge in [-0.2, -0.15) is 0 Å². The number of aromatic nitrogens is 2. The lowest BCUT2D eigenvalue weighted by molar-refractivity contribution is 0.106. The molecule has 0 aliphatic carbocycles. The molecule has 6 heteroatoms. The van der Waals surface area contributed by atoms with Crippen LogP contribution in [-0.2, 0) is 19.6 Å². The first-order valence-corrected chi connectivity index (χ1v) is 9.86. The average molecular weight is 394 g/mol. The van der Waals surface area contributed by atoms with Gasteiger partial charge in [-0.3, -0.25) is 4.90 Å². The molecule has 2 N–H and O–H groups in total. The summed E-state index contributed by atoms with van der Waals surface area (Å²) in [6.07, 6.45) is 4.43. The Bertz CT molecular complexity index is 852. The second kappa shape index (κ2) is 10.6. The number of hydrogen-bond donors (Lipinski definition) is 2. The van der Waals surface area contributed by atoms with E-state index in [0.29, 0.717) is 25.6 Å². The minimum atomic E-state index is -0.249. The van der Waals surface area contributed by atoms with E-state index >= 15 is 0 Å². The monoisotopic (exact) mass is 394 g/mol. The standard InChI is InChI=1S/C23H27FN4O/c1-2-22(17-29)28(15-19-8-10-21(24)11-9-19)16-20-13-26-23(27-14-20)25-12-18-6-4-3-5-7-18/h3-11,13-14,22,29H,2,12,15-17H2,1H3,(H,25,26,27)/t22-/m0/s1. The van der Waals surface area contributed by atoms with Crippen LogP contribution in [-0.4, -0.2) is 32.6 Å². The SMILES string of the molecule is CC[C@@H](CO)N(Cc1ccc(F)cc1)Cc1cnc(NCc2ccccc2)nc1. The van der Waals surface area contributed by atoms with Crippen LogP contribution >= 0.6 is 0 Å². The minimum Gasteiger partial charge on any atom is -0.395 e. The summed E-state index contributed by atoms with van der Waals surface area (Å²) in [7, 11) is 0. The zero-order valence-corrected chi connectivity index (χ0v) is 16.6. The number of halogens is 1. The summed E-state index contributed by atoms with van der Waals surface area (Å²) < 4.78 is 13.2. The van der Waals surface area contributed by atoms with Crippen LogP contribution in [0.25, 0.3) is 0 Å². The lowest BCUT2D eigenvalue weighted by Crippen LogP contribution is -2.36. The summed E-state index contributed by atoms with van der Waals surface area (Å²) in [5.74, 6) is 0.332. The molecule has 1 atom stereocenters. The second-order valence-electron chi connectivity index (χ2n) is 7.03. The average Bonchev–Trinajstić information content (AvgIpc) is 2.76. The van der Waals surface area contributed by atoms with Gasteiger partial charge in [0.2, 0.25) is 5.95 Å². The third-order valence-corrected chi connectivity index (χ3v) is 4.88. The van der Waals surface area contributed by atoms with Crippen LogP contribution in [0.3, 0.4) is 0 Å². The Kier molecular flexibility index (Phi) is 7.67. The van der Waals surface area contributed by atoms with E-state index in [-0.39, 0.29) is 18.5 Å². The van der Waals surface area contributed by atoms with Crippen molar-refractivity contribution in [1.82, 2.24) is 14.9 Å². The molecule has 1 heterocycles. The predicted octanol–water partition coefficient (Wildman–Crippen LogP) is 4.00. The van der Waals surface area contributed by atoms with Gasteiger partial charge in [-0.25, -0.2) is 14.4 Å². The number of hydrogen-bond acceptors (Lipinski definition) is 5. The topological polar surface area (TPSA) is 61.3 Å². The van der Waals surface area contributed by atoms with Gasteiger partial charge >= 0.3 is 0 Å². The Hall–Kier alpha value is -2.83. The molecular weight excluding hydrogens is 367 g/mol. The van der Waals surface area contributed by atoms with Crippen molar-refractivity contribution in [2.45, 2.75) is 39.0 Å². The molecule has 0 aliphatic heterocycles. The van der Waals surface area contributed by atoms with Gasteiger partial charge in [0, 0.05) is 43.6 Å². The normalized spacial score (nSPS) is 12.1. The van der Waals surface area contributed by atoms with E-state index in [1.165, 1.54) is 17.7 Å². The van der Waals surface area contributed by atoms with Crippen molar-refractivity contribution in [3.05, 3.63) is 89.5 Å². The van der Waals surface area contributed by atoms with Crippen molar-refractivity contribution in [3.8, 4) is 0 Å². The molecule has 0 unspecified atom stereocenters. The minimum absolute atomic E-state index is 0.0101. The first kappa shape index (κ1) is 20.9. The molecule has 0 amide bonds. The largest absolute Gasteiger partial charge is 0.395 e. The van der Waals surface area contributed by atoms with Crippen molar-refractivity contribution in [1.29, 1.82) is 0 Å². The van der Waals surface area contributed by atoms with E-state index in [1.54, 1.807) is 12.1 Å². The maximum Gasteiger partial charge on any atom is 0.222 e. The third-order valence-electron chi connectivity index (χ3n) is 4.88. The number of rotatable bonds is 10. The molecule has 0 radical (unpaired) electrons. The molecule has 0 spiro atoms. The van der Waals surface area contributed by atoms with Crippen LogP contribution < -0.4 is 5.32 Å². The Morgan fingerprint density at radius 2 is 1.59 bits per heavy atom.